The molecular weight excluding hydrogens is 436 g/mol. The molecule has 0 saturated carbocycles. The van der Waals surface area contributed by atoms with E-state index in [4.69, 9.17) is 25.8 Å². The second-order valence-electron chi connectivity index (χ2n) is 7.89. The number of nitrogens with zero attached hydrogens (tertiary/aromatic N) is 1. The van der Waals surface area contributed by atoms with E-state index < -0.39 is 6.09 Å². The van der Waals surface area contributed by atoms with Gasteiger partial charge < -0.3 is 24.1 Å². The van der Waals surface area contributed by atoms with Crippen molar-refractivity contribution in [2.75, 3.05) is 26.9 Å². The van der Waals surface area contributed by atoms with Crippen LogP contribution in [0.15, 0.2) is 29.2 Å². The maximum Gasteiger partial charge on any atom is 0.406 e. The van der Waals surface area contributed by atoms with Gasteiger partial charge in [0.05, 0.1) is 35.5 Å². The van der Waals surface area contributed by atoms with E-state index in [9.17, 15) is 14.4 Å². The smallest absolute Gasteiger partial charge is 0.406 e. The van der Waals surface area contributed by atoms with Crippen LogP contribution < -0.4 is 20.2 Å². The van der Waals surface area contributed by atoms with Gasteiger partial charge in [0.2, 0.25) is 0 Å². The summed E-state index contributed by atoms with van der Waals surface area (Å²) in [4.78, 5) is 35.6. The van der Waals surface area contributed by atoms with Crippen molar-refractivity contribution in [1.82, 2.24) is 9.88 Å². The van der Waals surface area contributed by atoms with Gasteiger partial charge >= 0.3 is 6.09 Å². The number of aromatic nitrogens is 1. The Bertz CT molecular complexity index is 1080. The highest BCUT2D eigenvalue weighted by Gasteiger charge is 2.27. The predicted octanol–water partition coefficient (Wildman–Crippen LogP) is 4.09. The van der Waals surface area contributed by atoms with Crippen molar-refractivity contribution in [2.24, 2.45) is 5.92 Å². The molecule has 1 aromatic heterocycles. The van der Waals surface area contributed by atoms with Gasteiger partial charge in [-0.25, -0.2) is 4.79 Å². The monoisotopic (exact) mass is 462 g/mol. The van der Waals surface area contributed by atoms with Crippen LogP contribution in [0, 0.1) is 5.92 Å². The Morgan fingerprint density at radius 1 is 1.28 bits per heavy atom. The third-order valence-electron chi connectivity index (χ3n) is 5.29. The molecule has 32 heavy (non-hydrogen) atoms. The maximum atomic E-state index is 12.6. The number of fused-ring (bicyclic) bond motifs is 3. The second-order valence-corrected chi connectivity index (χ2v) is 8.30. The number of ether oxygens (including phenoxy) is 3. The molecular formula is C23H27ClN2O6. The molecule has 8 nitrogen and oxygen atoms in total. The molecule has 1 aliphatic heterocycles. The van der Waals surface area contributed by atoms with Gasteiger partial charge in [0.1, 0.15) is 18.1 Å². The minimum atomic E-state index is -0.497. The summed E-state index contributed by atoms with van der Waals surface area (Å²) in [7, 11) is 1.49. The van der Waals surface area contributed by atoms with Crippen LogP contribution in [0.5, 0.6) is 11.5 Å². The zero-order chi connectivity index (χ0) is 23.4. The molecule has 0 saturated heterocycles. The van der Waals surface area contributed by atoms with E-state index in [-0.39, 0.29) is 35.3 Å². The third kappa shape index (κ3) is 5.07. The summed E-state index contributed by atoms with van der Waals surface area (Å²) in [6.07, 6.45) is 1.61. The molecule has 0 spiro atoms. The lowest BCUT2D eigenvalue weighted by molar-refractivity contribution is 0.101. The van der Waals surface area contributed by atoms with Crippen LogP contribution in [0.25, 0.3) is 11.3 Å². The third-order valence-corrected chi connectivity index (χ3v) is 5.58. The molecule has 2 aromatic rings. The molecule has 0 fully saturated rings. The van der Waals surface area contributed by atoms with Crippen LogP contribution in [0.4, 0.5) is 4.79 Å². The Hall–Kier alpha value is -3.00. The Labute approximate surface area is 191 Å². The van der Waals surface area contributed by atoms with Crippen molar-refractivity contribution in [1.29, 1.82) is 0 Å². The van der Waals surface area contributed by atoms with Gasteiger partial charge in [0.25, 0.3) is 0 Å². The fraction of sp³-hybridized carbons (Fsp3) is 0.435. The van der Waals surface area contributed by atoms with Gasteiger partial charge in [-0.2, -0.15) is 0 Å². The summed E-state index contributed by atoms with van der Waals surface area (Å²) >= 11 is 6.47. The lowest BCUT2D eigenvalue weighted by Gasteiger charge is -2.24. The lowest BCUT2D eigenvalue weighted by Crippen LogP contribution is -2.25. The van der Waals surface area contributed by atoms with E-state index in [0.717, 1.165) is 0 Å². The first-order valence-corrected chi connectivity index (χ1v) is 10.8. The van der Waals surface area contributed by atoms with Gasteiger partial charge in [-0.3, -0.25) is 9.59 Å². The second kappa shape index (κ2) is 10.1. The topological polar surface area (TPSA) is 95.9 Å². The summed E-state index contributed by atoms with van der Waals surface area (Å²) in [6.45, 7) is 6.36. The number of alkyl carbamates (subject to hydrolysis) is 1. The van der Waals surface area contributed by atoms with Crippen molar-refractivity contribution in [3.8, 4) is 22.8 Å². The van der Waals surface area contributed by atoms with Gasteiger partial charge in [-0.05, 0) is 18.9 Å². The number of nitrogens with one attached hydrogen (secondary N) is 1. The van der Waals surface area contributed by atoms with Crippen molar-refractivity contribution in [3.63, 3.8) is 0 Å². The zero-order valence-corrected chi connectivity index (χ0v) is 19.3. The highest BCUT2D eigenvalue weighted by molar-refractivity contribution is 6.32. The van der Waals surface area contributed by atoms with Gasteiger partial charge in [0.15, 0.2) is 11.2 Å². The maximum absolute atomic E-state index is 12.6. The number of benzene rings is 1. The molecule has 3 rings (SSSR count). The first-order chi connectivity index (χ1) is 15.2. The Morgan fingerprint density at radius 2 is 2.03 bits per heavy atom. The van der Waals surface area contributed by atoms with Crippen molar-refractivity contribution < 1.29 is 23.8 Å². The fourth-order valence-corrected chi connectivity index (χ4v) is 3.73. The largest absolute Gasteiger partial charge is 0.492 e. The van der Waals surface area contributed by atoms with Crippen LogP contribution >= 0.6 is 11.6 Å². The molecule has 0 unspecified atom stereocenters. The molecule has 9 heteroatoms. The first kappa shape index (κ1) is 23.7. The summed E-state index contributed by atoms with van der Waals surface area (Å²) < 4.78 is 18.7. The molecule has 1 N–H and O–H groups in total. The molecule has 0 aliphatic carbocycles. The number of rotatable bonds is 7. The SMILES string of the molecule is CNC(=O)OCCCOc1cc2c(cc1Cl)-c1cc(=O)c(C(C)=O)cn1[C@H](C(C)C)CO2. The summed E-state index contributed by atoms with van der Waals surface area (Å²) in [5.41, 5.74) is 1.10. The number of hydrogen-bond acceptors (Lipinski definition) is 6. The van der Waals surface area contributed by atoms with Crippen LogP contribution in [-0.4, -0.2) is 43.3 Å². The van der Waals surface area contributed by atoms with E-state index in [2.05, 4.69) is 19.2 Å². The number of amides is 1. The molecule has 0 bridgehead atoms. The number of ketones is 1. The number of halogens is 1. The van der Waals surface area contributed by atoms with Gasteiger partial charge in [-0.15, -0.1) is 0 Å². The summed E-state index contributed by atoms with van der Waals surface area (Å²) in [5, 5.41) is 2.73. The molecule has 0 radical (unpaired) electrons. The first-order valence-electron chi connectivity index (χ1n) is 10.4. The number of carbonyl (C=O) groups is 2. The molecule has 1 amide bonds. The Morgan fingerprint density at radius 3 is 2.69 bits per heavy atom. The van der Waals surface area contributed by atoms with E-state index >= 15 is 0 Å². The standard InChI is InChI=1S/C23H27ClN2O6/c1-13(2)19-12-32-21-10-22(30-6-5-7-31-23(29)25-4)17(24)8-15(21)18-9-20(28)16(14(3)27)11-26(18)19/h8-11,13,19H,5-7,12H2,1-4H3,(H,25,29)/t19-/m0/s1. The number of carbonyl (C=O) groups excluding carboxylic acids is 2. The fourth-order valence-electron chi connectivity index (χ4n) is 3.52. The van der Waals surface area contributed by atoms with Gasteiger partial charge in [0, 0.05) is 37.4 Å². The van der Waals surface area contributed by atoms with E-state index in [0.29, 0.717) is 47.4 Å². The zero-order valence-electron chi connectivity index (χ0n) is 18.6. The average Bonchev–Trinajstić information content (AvgIpc) is 2.89. The molecule has 1 aliphatic rings. The van der Waals surface area contributed by atoms with Crippen LogP contribution in [-0.2, 0) is 4.74 Å². The van der Waals surface area contributed by atoms with E-state index in [1.54, 1.807) is 18.3 Å². The quantitative estimate of drug-likeness (QED) is 0.492. The van der Waals surface area contributed by atoms with E-state index in [1.165, 1.54) is 20.0 Å². The number of hydrogen-bond donors (Lipinski definition) is 1. The minimum Gasteiger partial charge on any atom is -0.492 e. The molecule has 2 heterocycles. The highest BCUT2D eigenvalue weighted by Crippen LogP contribution is 2.42. The lowest BCUT2D eigenvalue weighted by atomic mass is 10.0. The molecule has 1 atom stereocenters. The van der Waals surface area contributed by atoms with Crippen molar-refractivity contribution >= 4 is 23.5 Å². The minimum absolute atomic E-state index is 0.0823. The Balaban J connectivity index is 1.92. The van der Waals surface area contributed by atoms with Crippen molar-refractivity contribution in [2.45, 2.75) is 33.2 Å². The summed E-state index contributed by atoms with van der Waals surface area (Å²) in [6, 6.07) is 4.79. The Kier molecular flexibility index (Phi) is 7.45. The predicted molar refractivity (Wildman–Crippen MR) is 121 cm³/mol. The molecule has 172 valence electrons. The average molecular weight is 463 g/mol. The number of Topliss-reactive ketones (excluding diaryl/α,β-unsaturated/α-hetero) is 1. The highest BCUT2D eigenvalue weighted by atomic mass is 35.5. The number of pyridine rings is 1. The van der Waals surface area contributed by atoms with Crippen LogP contribution in [0.2, 0.25) is 5.02 Å². The van der Waals surface area contributed by atoms with Crippen molar-refractivity contribution in [3.05, 3.63) is 45.2 Å². The van der Waals surface area contributed by atoms with E-state index in [1.807, 2.05) is 4.57 Å². The molecule has 1 aromatic carbocycles. The van der Waals surface area contributed by atoms with Gasteiger partial charge in [-0.1, -0.05) is 25.4 Å². The van der Waals surface area contributed by atoms with Crippen LogP contribution in [0.1, 0.15) is 43.6 Å². The summed E-state index contributed by atoms with van der Waals surface area (Å²) in [5.74, 6) is 0.887. The van der Waals surface area contributed by atoms with Crippen LogP contribution in [0.3, 0.4) is 0 Å². The normalized spacial score (nSPS) is 14.6.